The van der Waals surface area contributed by atoms with Crippen LogP contribution in [0.3, 0.4) is 0 Å². The van der Waals surface area contributed by atoms with Crippen LogP contribution in [0.5, 0.6) is 5.75 Å². The zero-order chi connectivity index (χ0) is 23.3. The molecule has 3 rings (SSSR count). The molecule has 2 aromatic carbocycles. The van der Waals surface area contributed by atoms with Crippen LogP contribution in [0.15, 0.2) is 53.7 Å². The molecule has 32 heavy (non-hydrogen) atoms. The summed E-state index contributed by atoms with van der Waals surface area (Å²) in [6, 6.07) is 8.69. The normalized spacial score (nSPS) is 15.5. The van der Waals surface area contributed by atoms with Gasteiger partial charge in [0.25, 0.3) is 0 Å². The van der Waals surface area contributed by atoms with Crippen molar-refractivity contribution < 1.29 is 33.0 Å². The minimum Gasteiger partial charge on any atom is -0.494 e. The number of ether oxygens (including phenoxy) is 3. The summed E-state index contributed by atoms with van der Waals surface area (Å²) in [6.07, 6.45) is 0. The summed E-state index contributed by atoms with van der Waals surface area (Å²) in [5.41, 5.74) is 0.640. The second kappa shape index (κ2) is 10.1. The maximum atomic E-state index is 13.9. The van der Waals surface area contributed by atoms with Gasteiger partial charge in [-0.2, -0.15) is 0 Å². The van der Waals surface area contributed by atoms with E-state index in [1.807, 2.05) is 0 Å². The molecule has 2 amide bonds. The molecule has 1 atom stereocenters. The molecule has 168 valence electrons. The van der Waals surface area contributed by atoms with Crippen molar-refractivity contribution in [1.82, 2.24) is 10.6 Å². The van der Waals surface area contributed by atoms with Gasteiger partial charge in [-0.1, -0.05) is 23.7 Å². The minimum absolute atomic E-state index is 0.0229. The fourth-order valence-corrected chi connectivity index (χ4v) is 3.23. The highest BCUT2D eigenvalue weighted by atomic mass is 35.5. The van der Waals surface area contributed by atoms with Gasteiger partial charge < -0.3 is 24.8 Å². The fourth-order valence-electron chi connectivity index (χ4n) is 3.10. The molecule has 1 heterocycles. The molecule has 0 radical (unpaired) electrons. The Balaban J connectivity index is 1.90. The van der Waals surface area contributed by atoms with E-state index >= 15 is 0 Å². The molecule has 0 bridgehead atoms. The highest BCUT2D eigenvalue weighted by molar-refractivity contribution is 6.30. The fraction of sp³-hybridized carbons (Fsp3) is 0.227. The molecule has 2 N–H and O–H groups in total. The smallest absolute Gasteiger partial charge is 0.338 e. The van der Waals surface area contributed by atoms with Crippen molar-refractivity contribution in [2.75, 3.05) is 20.3 Å². The molecule has 10 heteroatoms. The highest BCUT2D eigenvalue weighted by Gasteiger charge is 2.34. The van der Waals surface area contributed by atoms with Gasteiger partial charge in [0.2, 0.25) is 0 Å². The number of hydrogen-bond acceptors (Lipinski definition) is 6. The quantitative estimate of drug-likeness (QED) is 0.610. The first kappa shape index (κ1) is 23.1. The minimum atomic E-state index is -0.854. The Bertz CT molecular complexity index is 1070. The molecular formula is C22H20ClFN2O6. The van der Waals surface area contributed by atoms with E-state index in [1.165, 1.54) is 19.2 Å². The van der Waals surface area contributed by atoms with Crippen molar-refractivity contribution in [3.05, 3.63) is 75.7 Å². The standard InChI is InChI=1S/C22H20ClFN2O6/c1-3-31-21(28)18-16(11-32-20(27)13-6-9-17(30-2)15(24)10-13)25-22(29)26-19(18)12-4-7-14(23)8-5-12/h4-10,19H,3,11H2,1-2H3,(H2,25,26,29)/t19-/m0/s1. The number of amides is 2. The molecule has 1 aliphatic heterocycles. The molecule has 0 saturated carbocycles. The van der Waals surface area contributed by atoms with Crippen LogP contribution in [-0.2, 0) is 14.3 Å². The van der Waals surface area contributed by atoms with E-state index in [4.69, 9.17) is 25.8 Å². The summed E-state index contributed by atoms with van der Waals surface area (Å²) < 4.78 is 29.1. The van der Waals surface area contributed by atoms with Crippen LogP contribution < -0.4 is 15.4 Å². The monoisotopic (exact) mass is 462 g/mol. The van der Waals surface area contributed by atoms with Crippen LogP contribution in [-0.4, -0.2) is 38.3 Å². The lowest BCUT2D eigenvalue weighted by Crippen LogP contribution is -2.47. The Labute approximate surface area is 188 Å². The summed E-state index contributed by atoms with van der Waals surface area (Å²) in [7, 11) is 1.30. The predicted octanol–water partition coefficient (Wildman–Crippen LogP) is 3.52. The third-order valence-electron chi connectivity index (χ3n) is 4.59. The molecule has 0 fully saturated rings. The summed E-state index contributed by atoms with van der Waals surface area (Å²) in [4.78, 5) is 37.3. The molecule has 8 nitrogen and oxygen atoms in total. The van der Waals surface area contributed by atoms with E-state index in [9.17, 15) is 18.8 Å². The zero-order valence-corrected chi connectivity index (χ0v) is 18.0. The Morgan fingerprint density at radius 2 is 1.81 bits per heavy atom. The van der Waals surface area contributed by atoms with Crippen molar-refractivity contribution in [1.29, 1.82) is 0 Å². The Morgan fingerprint density at radius 1 is 1.09 bits per heavy atom. The van der Waals surface area contributed by atoms with Crippen LogP contribution in [0.1, 0.15) is 28.9 Å². The van der Waals surface area contributed by atoms with Gasteiger partial charge in [-0.25, -0.2) is 18.8 Å². The lowest BCUT2D eigenvalue weighted by molar-refractivity contribution is -0.139. The Morgan fingerprint density at radius 3 is 2.44 bits per heavy atom. The lowest BCUT2D eigenvalue weighted by atomic mass is 9.95. The van der Waals surface area contributed by atoms with Gasteiger partial charge in [-0.3, -0.25) is 0 Å². The van der Waals surface area contributed by atoms with Crippen LogP contribution >= 0.6 is 11.6 Å². The number of esters is 2. The number of carbonyl (C=O) groups excluding carboxylic acids is 3. The van der Waals surface area contributed by atoms with Crippen molar-refractivity contribution in [3.63, 3.8) is 0 Å². The van der Waals surface area contributed by atoms with E-state index in [-0.39, 0.29) is 29.2 Å². The summed E-state index contributed by atoms with van der Waals surface area (Å²) in [5.74, 6) is -2.30. The Kier molecular flexibility index (Phi) is 7.32. The van der Waals surface area contributed by atoms with E-state index in [2.05, 4.69) is 10.6 Å². The summed E-state index contributed by atoms with van der Waals surface area (Å²) >= 11 is 5.93. The first-order valence-corrected chi connectivity index (χ1v) is 9.95. The number of urea groups is 1. The number of nitrogens with one attached hydrogen (secondary N) is 2. The van der Waals surface area contributed by atoms with Gasteiger partial charge in [0.1, 0.15) is 6.61 Å². The maximum Gasteiger partial charge on any atom is 0.338 e. The number of methoxy groups -OCH3 is 1. The highest BCUT2D eigenvalue weighted by Crippen LogP contribution is 2.29. The van der Waals surface area contributed by atoms with E-state index < -0.39 is 36.4 Å². The van der Waals surface area contributed by atoms with E-state index in [1.54, 1.807) is 31.2 Å². The second-order valence-corrected chi connectivity index (χ2v) is 7.06. The molecule has 1 aliphatic rings. The Hall–Kier alpha value is -3.59. The lowest BCUT2D eigenvalue weighted by Gasteiger charge is -2.29. The molecule has 0 saturated heterocycles. The molecule has 2 aromatic rings. The van der Waals surface area contributed by atoms with E-state index in [0.717, 1.165) is 6.07 Å². The van der Waals surface area contributed by atoms with Gasteiger partial charge in [0.05, 0.1) is 36.6 Å². The van der Waals surface area contributed by atoms with Gasteiger partial charge in [0.15, 0.2) is 11.6 Å². The molecule has 0 aliphatic carbocycles. The van der Waals surface area contributed by atoms with Crippen LogP contribution in [0.2, 0.25) is 5.02 Å². The molecular weight excluding hydrogens is 443 g/mol. The number of hydrogen-bond donors (Lipinski definition) is 2. The van der Waals surface area contributed by atoms with Crippen molar-refractivity contribution in [3.8, 4) is 5.75 Å². The summed E-state index contributed by atoms with van der Waals surface area (Å²) in [5, 5.41) is 5.62. The van der Waals surface area contributed by atoms with Crippen molar-refractivity contribution in [2.24, 2.45) is 0 Å². The second-order valence-electron chi connectivity index (χ2n) is 6.62. The van der Waals surface area contributed by atoms with Crippen molar-refractivity contribution >= 4 is 29.6 Å². The SMILES string of the molecule is CCOC(=O)C1=C(COC(=O)c2ccc(OC)c(F)c2)NC(=O)N[C@H]1c1ccc(Cl)cc1. The maximum absolute atomic E-state index is 13.9. The summed E-state index contributed by atoms with van der Waals surface area (Å²) in [6.45, 7) is 1.29. The zero-order valence-electron chi connectivity index (χ0n) is 17.2. The average molecular weight is 463 g/mol. The number of benzene rings is 2. The number of halogens is 2. The third-order valence-corrected chi connectivity index (χ3v) is 4.84. The largest absolute Gasteiger partial charge is 0.494 e. The molecule has 0 spiro atoms. The van der Waals surface area contributed by atoms with Gasteiger partial charge in [-0.15, -0.1) is 0 Å². The van der Waals surface area contributed by atoms with E-state index in [0.29, 0.717) is 10.6 Å². The molecule has 0 unspecified atom stereocenters. The first-order valence-electron chi connectivity index (χ1n) is 9.57. The van der Waals surface area contributed by atoms with Crippen LogP contribution in [0, 0.1) is 5.82 Å². The van der Waals surface area contributed by atoms with Crippen molar-refractivity contribution in [2.45, 2.75) is 13.0 Å². The first-order chi connectivity index (χ1) is 15.3. The molecule has 0 aromatic heterocycles. The average Bonchev–Trinajstić information content (AvgIpc) is 2.77. The van der Waals surface area contributed by atoms with Crippen LogP contribution in [0.4, 0.5) is 9.18 Å². The van der Waals surface area contributed by atoms with Gasteiger partial charge >= 0.3 is 18.0 Å². The van der Waals surface area contributed by atoms with Gasteiger partial charge in [0, 0.05) is 5.02 Å². The van der Waals surface area contributed by atoms with Crippen LogP contribution in [0.25, 0.3) is 0 Å². The third kappa shape index (κ3) is 5.17. The topological polar surface area (TPSA) is 103 Å². The predicted molar refractivity (Wildman–Crippen MR) is 113 cm³/mol. The number of carbonyl (C=O) groups is 3. The van der Waals surface area contributed by atoms with Gasteiger partial charge in [-0.05, 0) is 42.8 Å². The number of rotatable bonds is 7.